The highest BCUT2D eigenvalue weighted by molar-refractivity contribution is 5.86. The summed E-state index contributed by atoms with van der Waals surface area (Å²) in [5.74, 6) is -0.401. The van der Waals surface area contributed by atoms with Gasteiger partial charge in [-0.2, -0.15) is 0 Å². The quantitative estimate of drug-likeness (QED) is 0.216. The van der Waals surface area contributed by atoms with Gasteiger partial charge in [0.15, 0.2) is 0 Å². The molecule has 4 aromatic carbocycles. The molecule has 0 radical (unpaired) electrons. The maximum Gasteiger partial charge on any atom is 0.128 e. The van der Waals surface area contributed by atoms with Crippen LogP contribution in [-0.2, 0) is 0 Å². The molecule has 0 spiro atoms. The first-order valence-electron chi connectivity index (χ1n) is 14.6. The van der Waals surface area contributed by atoms with Gasteiger partial charge in [0.05, 0.1) is 12.1 Å². The summed E-state index contributed by atoms with van der Waals surface area (Å²) >= 11 is 0. The normalized spacial score (nSPS) is 16.3. The number of halogens is 2. The lowest BCUT2D eigenvalue weighted by atomic mass is 9.91. The highest BCUT2D eigenvalue weighted by atomic mass is 19.1. The van der Waals surface area contributed by atoms with Crippen LogP contribution in [0.1, 0.15) is 45.7 Å². The van der Waals surface area contributed by atoms with E-state index in [1.54, 1.807) is 24.3 Å². The molecule has 2 atom stereocenters. The van der Waals surface area contributed by atoms with E-state index in [1.807, 2.05) is 48.5 Å². The van der Waals surface area contributed by atoms with Gasteiger partial charge in [-0.05, 0) is 38.1 Å². The fourth-order valence-electron chi connectivity index (χ4n) is 7.02. The molecule has 6 heteroatoms. The molecule has 0 saturated carbocycles. The summed E-state index contributed by atoms with van der Waals surface area (Å²) in [5, 5.41) is 2.23. The summed E-state index contributed by atoms with van der Waals surface area (Å²) < 4.78 is 31.0. The topological polar surface area (TPSA) is 38.1 Å². The Morgan fingerprint density at radius 2 is 0.881 bits per heavy atom. The molecular formula is C36H34F2N4. The maximum absolute atomic E-state index is 15.5. The zero-order valence-electron chi connectivity index (χ0n) is 23.9. The molecule has 0 amide bonds. The summed E-state index contributed by atoms with van der Waals surface area (Å²) in [6.45, 7) is 7.00. The summed E-state index contributed by atoms with van der Waals surface area (Å²) in [4.78, 5) is 11.8. The molecule has 2 N–H and O–H groups in total. The van der Waals surface area contributed by atoms with Crippen molar-refractivity contribution in [2.75, 3.05) is 26.2 Å². The molecule has 7 rings (SSSR count). The molecule has 2 aromatic heterocycles. The Morgan fingerprint density at radius 3 is 1.29 bits per heavy atom. The van der Waals surface area contributed by atoms with Crippen LogP contribution in [0.15, 0.2) is 97.1 Å². The van der Waals surface area contributed by atoms with E-state index >= 15 is 8.78 Å². The van der Waals surface area contributed by atoms with E-state index < -0.39 is 0 Å². The largest absolute Gasteiger partial charge is 0.358 e. The number of rotatable bonds is 6. The Hall–Kier alpha value is -4.26. The number of H-pyrrole nitrogens is 2. The van der Waals surface area contributed by atoms with Crippen LogP contribution in [0.5, 0.6) is 0 Å². The SMILES string of the molecule is Cc1[nH]c2ccccc2c1C(c1ccccc1F)N1CCN(C(c2ccccc2F)c2c(C)[nH]c3ccccc23)CC1. The number of nitrogens with one attached hydrogen (secondary N) is 2. The lowest BCUT2D eigenvalue weighted by molar-refractivity contribution is 0.0882. The predicted octanol–water partition coefficient (Wildman–Crippen LogP) is 8.04. The van der Waals surface area contributed by atoms with Crippen molar-refractivity contribution in [1.82, 2.24) is 19.8 Å². The van der Waals surface area contributed by atoms with E-state index in [0.717, 1.165) is 44.3 Å². The van der Waals surface area contributed by atoms with Gasteiger partial charge in [-0.25, -0.2) is 8.78 Å². The molecule has 2 unspecified atom stereocenters. The van der Waals surface area contributed by atoms with Gasteiger partial charge >= 0.3 is 0 Å². The molecule has 1 fully saturated rings. The van der Waals surface area contributed by atoms with Crippen LogP contribution >= 0.6 is 0 Å². The van der Waals surface area contributed by atoms with Crippen LogP contribution in [0.2, 0.25) is 0 Å². The van der Waals surface area contributed by atoms with Gasteiger partial charge in [0.1, 0.15) is 11.6 Å². The Kier molecular flexibility index (Phi) is 6.88. The molecule has 0 aliphatic carbocycles. The van der Waals surface area contributed by atoms with Crippen molar-refractivity contribution in [3.05, 3.63) is 142 Å². The molecule has 1 aliphatic heterocycles. The molecule has 4 nitrogen and oxygen atoms in total. The van der Waals surface area contributed by atoms with E-state index in [2.05, 4.69) is 57.9 Å². The highest BCUT2D eigenvalue weighted by Crippen LogP contribution is 2.41. The van der Waals surface area contributed by atoms with E-state index in [9.17, 15) is 0 Å². The average molecular weight is 561 g/mol. The molecule has 42 heavy (non-hydrogen) atoms. The summed E-state index contributed by atoms with van der Waals surface area (Å²) in [6.07, 6.45) is 0. The second-order valence-electron chi connectivity index (χ2n) is 11.3. The first-order valence-corrected chi connectivity index (χ1v) is 14.6. The summed E-state index contributed by atoms with van der Waals surface area (Å²) in [7, 11) is 0. The minimum atomic E-state index is -0.244. The van der Waals surface area contributed by atoms with Crippen molar-refractivity contribution in [3.8, 4) is 0 Å². The first-order chi connectivity index (χ1) is 20.5. The third-order valence-corrected chi connectivity index (χ3v) is 8.91. The highest BCUT2D eigenvalue weighted by Gasteiger charge is 2.35. The number of para-hydroxylation sites is 2. The lowest BCUT2D eigenvalue weighted by Crippen LogP contribution is -2.49. The number of piperazine rings is 1. The number of aromatic amines is 2. The Balaban J connectivity index is 1.28. The second-order valence-corrected chi connectivity index (χ2v) is 11.3. The third kappa shape index (κ3) is 4.52. The van der Waals surface area contributed by atoms with Crippen molar-refractivity contribution in [2.45, 2.75) is 25.9 Å². The first kappa shape index (κ1) is 26.6. The minimum absolute atomic E-state index is 0.201. The number of aryl methyl sites for hydroxylation is 2. The number of fused-ring (bicyclic) bond motifs is 2. The van der Waals surface area contributed by atoms with Gasteiger partial charge < -0.3 is 9.97 Å². The molecule has 212 valence electrons. The molecule has 1 aliphatic rings. The predicted molar refractivity (Wildman–Crippen MR) is 166 cm³/mol. The van der Waals surface area contributed by atoms with E-state index in [-0.39, 0.29) is 23.7 Å². The van der Waals surface area contributed by atoms with Crippen LogP contribution < -0.4 is 0 Å². The van der Waals surface area contributed by atoms with Gasteiger partial charge in [0.2, 0.25) is 0 Å². The number of hydrogen-bond acceptors (Lipinski definition) is 2. The Morgan fingerprint density at radius 1 is 0.524 bits per heavy atom. The number of nitrogens with zero attached hydrogens (tertiary/aromatic N) is 2. The van der Waals surface area contributed by atoms with E-state index in [0.29, 0.717) is 37.3 Å². The Labute approximate surface area is 244 Å². The van der Waals surface area contributed by atoms with Gasteiger partial charge in [-0.1, -0.05) is 72.8 Å². The summed E-state index contributed by atoms with van der Waals surface area (Å²) in [5.41, 5.74) is 7.79. The van der Waals surface area contributed by atoms with Crippen LogP contribution in [-0.4, -0.2) is 45.9 Å². The van der Waals surface area contributed by atoms with Crippen molar-refractivity contribution >= 4 is 21.8 Å². The molecule has 0 bridgehead atoms. The number of aromatic nitrogens is 2. The van der Waals surface area contributed by atoms with E-state index in [4.69, 9.17) is 0 Å². The fraction of sp³-hybridized carbons (Fsp3) is 0.222. The average Bonchev–Trinajstić information content (AvgIpc) is 3.51. The van der Waals surface area contributed by atoms with Crippen LogP contribution in [0.3, 0.4) is 0 Å². The van der Waals surface area contributed by atoms with Gasteiger partial charge in [0.25, 0.3) is 0 Å². The molecule has 3 heterocycles. The van der Waals surface area contributed by atoms with Gasteiger partial charge in [0, 0.05) is 81.6 Å². The molecule has 1 saturated heterocycles. The monoisotopic (exact) mass is 560 g/mol. The van der Waals surface area contributed by atoms with Crippen molar-refractivity contribution in [3.63, 3.8) is 0 Å². The van der Waals surface area contributed by atoms with Crippen LogP contribution in [0, 0.1) is 25.5 Å². The minimum Gasteiger partial charge on any atom is -0.358 e. The molecular weight excluding hydrogens is 526 g/mol. The standard InChI is InChI=1S/C36H34F2N4/c1-23-33(27-13-5-9-17-31(27)39-23)35(25-11-3-7-15-29(25)37)41-19-21-42(22-20-41)36(26-12-4-8-16-30(26)38)34-24(2)40-32-18-10-6-14-28(32)34/h3-18,35-36,39-40H,19-22H2,1-2H3. The zero-order chi connectivity index (χ0) is 28.8. The molecule has 6 aromatic rings. The smallest absolute Gasteiger partial charge is 0.128 e. The Bertz CT molecular complexity index is 1740. The summed E-state index contributed by atoms with van der Waals surface area (Å²) in [6, 6.07) is 30.3. The van der Waals surface area contributed by atoms with Crippen LogP contribution in [0.25, 0.3) is 21.8 Å². The van der Waals surface area contributed by atoms with Crippen LogP contribution in [0.4, 0.5) is 8.78 Å². The second kappa shape index (κ2) is 10.9. The fourth-order valence-corrected chi connectivity index (χ4v) is 7.02. The number of hydrogen-bond donors (Lipinski definition) is 2. The van der Waals surface area contributed by atoms with Crippen molar-refractivity contribution in [2.24, 2.45) is 0 Å². The van der Waals surface area contributed by atoms with Gasteiger partial charge in [-0.3, -0.25) is 9.80 Å². The third-order valence-electron chi connectivity index (χ3n) is 8.91. The zero-order valence-corrected chi connectivity index (χ0v) is 23.9. The van der Waals surface area contributed by atoms with Crippen molar-refractivity contribution in [1.29, 1.82) is 0 Å². The maximum atomic E-state index is 15.5. The van der Waals surface area contributed by atoms with E-state index in [1.165, 1.54) is 0 Å². The van der Waals surface area contributed by atoms with Crippen molar-refractivity contribution < 1.29 is 8.78 Å². The number of benzene rings is 4. The van der Waals surface area contributed by atoms with Gasteiger partial charge in [-0.15, -0.1) is 0 Å². The lowest BCUT2D eigenvalue weighted by Gasteiger charge is -2.43.